The Hall–Kier alpha value is -3.30. The Labute approximate surface area is 313 Å². The molecule has 54 heavy (non-hydrogen) atoms. The van der Waals surface area contributed by atoms with Crippen LogP contribution in [0.15, 0.2) is 12.3 Å². The molecule has 4 saturated carbocycles. The van der Waals surface area contributed by atoms with Crippen molar-refractivity contribution in [2.75, 3.05) is 6.61 Å². The molecule has 0 radical (unpaired) electrons. The highest BCUT2D eigenvalue weighted by Crippen LogP contribution is 2.58. The number of fused-ring (bicyclic) bond motifs is 3. The average molecular weight is 765 g/mol. The van der Waals surface area contributed by atoms with Gasteiger partial charge in [0, 0.05) is 30.7 Å². The molecule has 1 amide bonds. The fourth-order valence-electron chi connectivity index (χ4n) is 9.79. The smallest absolute Gasteiger partial charge is 0.408 e. The van der Waals surface area contributed by atoms with E-state index < -0.39 is 76.8 Å². The Morgan fingerprint density at radius 1 is 0.981 bits per heavy atom. The summed E-state index contributed by atoms with van der Waals surface area (Å²) >= 11 is 0. The minimum atomic E-state index is -1.73. The van der Waals surface area contributed by atoms with Gasteiger partial charge in [0.1, 0.15) is 24.4 Å². The van der Waals surface area contributed by atoms with Gasteiger partial charge in [-0.1, -0.05) is 64.0 Å². The first-order valence-corrected chi connectivity index (χ1v) is 20.0. The lowest BCUT2D eigenvalue weighted by molar-refractivity contribution is -0.382. The fraction of sp³-hybridized carbons (Fsp3) is 0.744. The number of alkyl carbamates (subject to hydrolysis) is 1. The number of Topliss-reactive ketones (excluding diaryl/α,β-unsaturated/α-hetero) is 1. The van der Waals surface area contributed by atoms with E-state index in [1.165, 1.54) is 17.5 Å². The van der Waals surface area contributed by atoms with Crippen LogP contribution < -0.4 is 10.1 Å². The van der Waals surface area contributed by atoms with Gasteiger partial charge in [-0.25, -0.2) is 18.3 Å². The molecule has 5 aliphatic rings. The molecule has 2 heterocycles. The standard InChI is InChI=1S/C39H52F4N4O7/c1-3-5-14-30(31(48)23-50-35-33(42)28(40)20-29(41)34(35)43)47-22-32(45-46-47)37(15-7-6-8-16-37)44-36(49)51-27-13-10-17-38(21-27)52-39(54-53-38)25(4-2)18-24-11-9-12-26(39)19-24/h20,22,24-27,30H,3-19,21,23H2,1-2H3,(H,44,49). The summed E-state index contributed by atoms with van der Waals surface area (Å²) in [6.45, 7) is 3.26. The maximum atomic E-state index is 14.2. The lowest BCUT2D eigenvalue weighted by atomic mass is 9.63. The second-order valence-corrected chi connectivity index (χ2v) is 16.2. The number of nitrogens with one attached hydrogen (secondary N) is 1. The average Bonchev–Trinajstić information content (AvgIpc) is 3.80. The van der Waals surface area contributed by atoms with Crippen molar-refractivity contribution in [1.29, 1.82) is 0 Å². The summed E-state index contributed by atoms with van der Waals surface area (Å²) in [5, 5.41) is 11.8. The minimum Gasteiger partial charge on any atom is -0.479 e. The van der Waals surface area contributed by atoms with Gasteiger partial charge in [-0.15, -0.1) is 5.10 Å². The predicted octanol–water partition coefficient (Wildman–Crippen LogP) is 8.65. The molecule has 1 aliphatic heterocycles. The molecular formula is C39H52F4N4O7. The van der Waals surface area contributed by atoms with Crippen LogP contribution in [-0.2, 0) is 29.6 Å². The number of unbranched alkanes of at least 4 members (excludes halogenated alkanes) is 1. The Kier molecular flexibility index (Phi) is 11.6. The van der Waals surface area contributed by atoms with Crippen LogP contribution in [0.2, 0.25) is 0 Å². The first-order valence-electron chi connectivity index (χ1n) is 20.0. The fourth-order valence-corrected chi connectivity index (χ4v) is 9.79. The number of aromatic nitrogens is 3. The topological polar surface area (TPSA) is 123 Å². The molecule has 7 rings (SSSR count). The van der Waals surface area contributed by atoms with Crippen molar-refractivity contribution in [2.45, 2.75) is 159 Å². The van der Waals surface area contributed by atoms with Crippen LogP contribution in [0.25, 0.3) is 0 Å². The van der Waals surface area contributed by atoms with Crippen molar-refractivity contribution >= 4 is 11.9 Å². The van der Waals surface area contributed by atoms with Gasteiger partial charge in [-0.05, 0) is 63.7 Å². The molecule has 2 spiro atoms. The SMILES string of the molecule is CCCCC(C(=O)COc1c(F)c(F)cc(F)c1F)n1cc(C2(NC(=O)OC3CCCC4(C3)OOC3(O4)C(CC)CC4CCCC3C4)CCCCC2)nn1. The maximum absolute atomic E-state index is 14.2. The number of hydrogen-bond acceptors (Lipinski definition) is 9. The molecule has 1 aromatic heterocycles. The lowest BCUT2D eigenvalue weighted by Crippen LogP contribution is -2.54. The first kappa shape index (κ1) is 39.0. The summed E-state index contributed by atoms with van der Waals surface area (Å²) in [7, 11) is 0. The van der Waals surface area contributed by atoms with Gasteiger partial charge in [0.2, 0.25) is 23.2 Å². The number of rotatable bonds is 12. The molecule has 11 nitrogen and oxygen atoms in total. The zero-order chi connectivity index (χ0) is 38.1. The molecular weight excluding hydrogens is 712 g/mol. The van der Waals surface area contributed by atoms with E-state index in [9.17, 15) is 27.2 Å². The van der Waals surface area contributed by atoms with Gasteiger partial charge in [-0.2, -0.15) is 18.6 Å². The molecule has 298 valence electrons. The molecule has 5 fully saturated rings. The zero-order valence-electron chi connectivity index (χ0n) is 31.2. The normalized spacial score (nSPS) is 31.0. The molecule has 2 aromatic rings. The highest BCUT2D eigenvalue weighted by atomic mass is 19.2. The van der Waals surface area contributed by atoms with Crippen LogP contribution in [0.3, 0.4) is 0 Å². The van der Waals surface area contributed by atoms with Gasteiger partial charge in [-0.3, -0.25) is 4.79 Å². The second-order valence-electron chi connectivity index (χ2n) is 16.2. The van der Waals surface area contributed by atoms with E-state index in [-0.39, 0.29) is 17.9 Å². The number of hydrogen-bond donors (Lipinski definition) is 1. The Bertz CT molecular complexity index is 1640. The monoisotopic (exact) mass is 764 g/mol. The van der Waals surface area contributed by atoms with Crippen LogP contribution in [0.5, 0.6) is 5.75 Å². The van der Waals surface area contributed by atoms with Crippen molar-refractivity contribution < 1.29 is 51.1 Å². The third-order valence-corrected chi connectivity index (χ3v) is 12.6. The quantitative estimate of drug-likeness (QED) is 0.129. The van der Waals surface area contributed by atoms with Crippen LogP contribution in [0.4, 0.5) is 22.4 Å². The summed E-state index contributed by atoms with van der Waals surface area (Å²) in [5.41, 5.74) is -0.466. The largest absolute Gasteiger partial charge is 0.479 e. The molecule has 7 atom stereocenters. The maximum Gasteiger partial charge on any atom is 0.408 e. The van der Waals surface area contributed by atoms with Crippen LogP contribution in [0, 0.1) is 41.0 Å². The summed E-state index contributed by atoms with van der Waals surface area (Å²) in [6.07, 6.45) is 14.9. The van der Waals surface area contributed by atoms with Crippen LogP contribution in [-0.4, -0.2) is 51.2 Å². The third-order valence-electron chi connectivity index (χ3n) is 12.6. The molecule has 7 unspecified atom stereocenters. The lowest BCUT2D eigenvalue weighted by Gasteiger charge is -2.49. The van der Waals surface area contributed by atoms with Gasteiger partial charge >= 0.3 is 6.09 Å². The number of nitrogens with zero attached hydrogens (tertiary/aromatic N) is 3. The number of ether oxygens (including phenoxy) is 3. The number of amides is 1. The third kappa shape index (κ3) is 7.61. The number of benzene rings is 1. The van der Waals surface area contributed by atoms with Gasteiger partial charge < -0.3 is 19.5 Å². The predicted molar refractivity (Wildman–Crippen MR) is 185 cm³/mol. The van der Waals surface area contributed by atoms with Crippen molar-refractivity contribution in [3.05, 3.63) is 41.2 Å². The van der Waals surface area contributed by atoms with E-state index in [1.54, 1.807) is 6.20 Å². The van der Waals surface area contributed by atoms with Crippen molar-refractivity contribution in [3.8, 4) is 5.75 Å². The second kappa shape index (κ2) is 16.0. The number of ketones is 1. The van der Waals surface area contributed by atoms with E-state index in [0.717, 1.165) is 57.8 Å². The Morgan fingerprint density at radius 3 is 2.50 bits per heavy atom. The van der Waals surface area contributed by atoms with Gasteiger partial charge in [0.05, 0.1) is 11.7 Å². The first-order chi connectivity index (χ1) is 26.0. The summed E-state index contributed by atoms with van der Waals surface area (Å²) in [6, 6.07) is -0.879. The molecule has 15 heteroatoms. The van der Waals surface area contributed by atoms with E-state index in [1.807, 2.05) is 6.92 Å². The molecule has 2 bridgehead atoms. The summed E-state index contributed by atoms with van der Waals surface area (Å²) in [4.78, 5) is 39.5. The van der Waals surface area contributed by atoms with E-state index in [2.05, 4.69) is 22.6 Å². The van der Waals surface area contributed by atoms with Crippen molar-refractivity contribution in [2.24, 2.45) is 17.8 Å². The van der Waals surface area contributed by atoms with Crippen molar-refractivity contribution in [3.63, 3.8) is 0 Å². The number of carbonyl (C=O) groups excluding carboxylic acids is 2. The molecule has 1 saturated heterocycles. The molecule has 1 N–H and O–H groups in total. The summed E-state index contributed by atoms with van der Waals surface area (Å²) in [5.74, 6) is -9.16. The number of carbonyl (C=O) groups is 2. The Balaban J connectivity index is 1.03. The summed E-state index contributed by atoms with van der Waals surface area (Å²) < 4.78 is 75.3. The molecule has 4 aliphatic carbocycles. The van der Waals surface area contributed by atoms with Crippen LogP contribution in [0.1, 0.15) is 141 Å². The highest BCUT2D eigenvalue weighted by Gasteiger charge is 2.63. The van der Waals surface area contributed by atoms with Gasteiger partial charge in [0.25, 0.3) is 0 Å². The van der Waals surface area contributed by atoms with Gasteiger partial charge in [0.15, 0.2) is 23.2 Å². The van der Waals surface area contributed by atoms with E-state index >= 15 is 0 Å². The Morgan fingerprint density at radius 2 is 1.76 bits per heavy atom. The van der Waals surface area contributed by atoms with Crippen molar-refractivity contribution in [1.82, 2.24) is 20.3 Å². The zero-order valence-corrected chi connectivity index (χ0v) is 31.2. The van der Waals surface area contributed by atoms with E-state index in [4.69, 9.17) is 24.0 Å². The minimum absolute atomic E-state index is 0.0707. The molecule has 1 aromatic carbocycles. The van der Waals surface area contributed by atoms with E-state index in [0.29, 0.717) is 56.6 Å². The highest BCUT2D eigenvalue weighted by molar-refractivity contribution is 5.84. The van der Waals surface area contributed by atoms with Crippen LogP contribution >= 0.6 is 0 Å². The number of halogens is 4.